The Morgan fingerprint density at radius 2 is 1.83 bits per heavy atom. The molecule has 2 atom stereocenters. The number of carboxylic acid groups (broad SMARTS) is 2. The molecule has 1 aromatic carbocycles. The van der Waals surface area contributed by atoms with Crippen molar-refractivity contribution in [1.29, 1.82) is 0 Å². The maximum atomic E-state index is 12.7. The first-order chi connectivity index (χ1) is 10.8. The molecule has 2 rings (SSSR count). The maximum Gasteiger partial charge on any atom is 0.320 e. The number of rotatable bonds is 8. The van der Waals surface area contributed by atoms with E-state index in [0.29, 0.717) is 18.6 Å². The van der Waals surface area contributed by atoms with E-state index in [9.17, 15) is 19.1 Å². The van der Waals surface area contributed by atoms with Gasteiger partial charge in [-0.25, -0.2) is 4.39 Å². The average molecular weight is 324 g/mol. The monoisotopic (exact) mass is 324 g/mol. The Hall–Kier alpha value is -2.15. The number of alkyl halides is 1. The second-order valence-electron chi connectivity index (χ2n) is 5.87. The highest BCUT2D eigenvalue weighted by molar-refractivity contribution is 5.76. The van der Waals surface area contributed by atoms with Crippen molar-refractivity contribution < 1.29 is 28.9 Å². The molecule has 0 spiro atoms. The number of aliphatic carboxylic acids is 2. The molecule has 0 bridgehead atoms. The Morgan fingerprint density at radius 3 is 2.30 bits per heavy atom. The number of ether oxygens (including phenoxy) is 1. The van der Waals surface area contributed by atoms with Crippen LogP contribution in [0.5, 0.6) is 5.75 Å². The van der Waals surface area contributed by atoms with Crippen LogP contribution >= 0.6 is 0 Å². The van der Waals surface area contributed by atoms with Gasteiger partial charge in [-0.2, -0.15) is 0 Å². The molecule has 2 unspecified atom stereocenters. The van der Waals surface area contributed by atoms with Gasteiger partial charge < -0.3 is 20.7 Å². The number of hydrogen-bond donors (Lipinski definition) is 3. The van der Waals surface area contributed by atoms with E-state index < -0.39 is 30.1 Å². The number of carboxylic acids is 2. The van der Waals surface area contributed by atoms with Crippen molar-refractivity contribution in [2.75, 3.05) is 0 Å². The number of carbonyl (C=O) groups is 2. The van der Waals surface area contributed by atoms with Crippen LogP contribution in [0.15, 0.2) is 24.3 Å². The van der Waals surface area contributed by atoms with Crippen LogP contribution in [-0.2, 0) is 16.0 Å². The van der Waals surface area contributed by atoms with Gasteiger partial charge in [0.05, 0.1) is 5.92 Å². The third kappa shape index (κ3) is 4.92. The highest BCUT2D eigenvalue weighted by atomic mass is 18.2. The van der Waals surface area contributed by atoms with E-state index in [4.69, 9.17) is 15.6 Å². The molecule has 0 saturated heterocycles. The zero-order chi connectivity index (χ0) is 17.0. The summed E-state index contributed by atoms with van der Waals surface area (Å²) < 4.78 is 18.3. The van der Waals surface area contributed by atoms with Gasteiger partial charge in [0.25, 0.3) is 0 Å². The lowest BCUT2D eigenvalue weighted by atomic mass is 9.92. The van der Waals surface area contributed by atoms with Crippen LogP contribution in [0.2, 0.25) is 0 Å². The molecule has 6 nitrogen and oxygen atoms in total. The van der Waals surface area contributed by atoms with E-state index >= 15 is 0 Å². The first-order valence-electron chi connectivity index (χ1n) is 7.46. The fourth-order valence-corrected chi connectivity index (χ4v) is 2.46. The third-order valence-electron chi connectivity index (χ3n) is 3.95. The molecule has 4 N–H and O–H groups in total. The van der Waals surface area contributed by atoms with Crippen molar-refractivity contribution in [2.45, 2.75) is 44.0 Å². The minimum atomic E-state index is -1.22. The predicted molar refractivity (Wildman–Crippen MR) is 80.0 cm³/mol. The molecule has 23 heavy (non-hydrogen) atoms. The van der Waals surface area contributed by atoms with E-state index in [0.717, 1.165) is 5.56 Å². The summed E-state index contributed by atoms with van der Waals surface area (Å²) >= 11 is 0. The predicted octanol–water partition coefficient (Wildman–Crippen LogP) is 1.61. The van der Waals surface area contributed by atoms with Gasteiger partial charge in [0, 0.05) is 12.8 Å². The van der Waals surface area contributed by atoms with Crippen LogP contribution in [0.1, 0.15) is 24.8 Å². The second kappa shape index (κ2) is 7.41. The molecule has 1 aliphatic rings. The zero-order valence-electron chi connectivity index (χ0n) is 12.5. The number of nitrogens with two attached hydrogens (primary N) is 1. The van der Waals surface area contributed by atoms with Crippen molar-refractivity contribution in [3.8, 4) is 5.75 Å². The Kier molecular flexibility index (Phi) is 5.54. The summed E-state index contributed by atoms with van der Waals surface area (Å²) in [4.78, 5) is 22.0. The van der Waals surface area contributed by atoms with Crippen molar-refractivity contribution in [3.05, 3.63) is 29.8 Å². The standard InChI is InChI=1S/C16H20FNO5/c17-11-7-13(8-11)23-12-3-1-9(2-4-12)5-10(15(19)20)6-14(18)16(21)22/h1-4,10-11,13-14H,5-8,18H2,(H,19,20)(H,21,22)/i17-1. The van der Waals surface area contributed by atoms with Crippen LogP contribution in [-0.4, -0.2) is 40.5 Å². The molecule has 126 valence electrons. The summed E-state index contributed by atoms with van der Waals surface area (Å²) in [6.45, 7) is 0. The fourth-order valence-electron chi connectivity index (χ4n) is 2.46. The number of halogens is 1. The molecule has 0 amide bonds. The number of benzene rings is 1. The van der Waals surface area contributed by atoms with Crippen molar-refractivity contribution in [1.82, 2.24) is 0 Å². The lowest BCUT2D eigenvalue weighted by Gasteiger charge is -2.30. The van der Waals surface area contributed by atoms with Crippen LogP contribution in [0, 0.1) is 5.92 Å². The van der Waals surface area contributed by atoms with Gasteiger partial charge in [-0.1, -0.05) is 12.1 Å². The lowest BCUT2D eigenvalue weighted by Crippen LogP contribution is -2.35. The van der Waals surface area contributed by atoms with Crippen molar-refractivity contribution >= 4 is 11.9 Å². The highest BCUT2D eigenvalue weighted by Crippen LogP contribution is 2.28. The van der Waals surface area contributed by atoms with Gasteiger partial charge in [0.1, 0.15) is 24.1 Å². The lowest BCUT2D eigenvalue weighted by molar-refractivity contribution is -0.143. The van der Waals surface area contributed by atoms with Crippen molar-refractivity contribution in [3.63, 3.8) is 0 Å². The molecule has 0 heterocycles. The van der Waals surface area contributed by atoms with Gasteiger partial charge >= 0.3 is 11.9 Å². The SMILES string of the molecule is NC(CC(Cc1ccc(OC2CC([18F])C2)cc1)C(=O)O)C(=O)O. The zero-order valence-corrected chi connectivity index (χ0v) is 12.5. The van der Waals surface area contributed by atoms with Crippen LogP contribution < -0.4 is 10.5 Å². The largest absolute Gasteiger partial charge is 0.490 e. The fraction of sp³-hybridized carbons (Fsp3) is 0.500. The summed E-state index contributed by atoms with van der Waals surface area (Å²) in [5.74, 6) is -2.55. The first kappa shape index (κ1) is 17.2. The second-order valence-corrected chi connectivity index (χ2v) is 5.87. The van der Waals surface area contributed by atoms with E-state index in [2.05, 4.69) is 0 Å². The maximum absolute atomic E-state index is 12.7. The normalized spacial score (nSPS) is 22.7. The summed E-state index contributed by atoms with van der Waals surface area (Å²) in [6.07, 6.45) is -0.0355. The van der Waals surface area contributed by atoms with Crippen LogP contribution in [0.3, 0.4) is 0 Å². The quantitative estimate of drug-likeness (QED) is 0.670. The summed E-state index contributed by atoms with van der Waals surface area (Å²) in [7, 11) is 0. The van der Waals surface area contributed by atoms with Crippen LogP contribution in [0.4, 0.5) is 4.39 Å². The molecule has 1 aliphatic carbocycles. The minimum Gasteiger partial charge on any atom is -0.490 e. The van der Waals surface area contributed by atoms with Gasteiger partial charge in [-0.3, -0.25) is 9.59 Å². The summed E-state index contributed by atoms with van der Waals surface area (Å²) in [6, 6.07) is 5.66. The Morgan fingerprint density at radius 1 is 1.22 bits per heavy atom. The Balaban J connectivity index is 1.92. The molecule has 1 fully saturated rings. The molecule has 0 aromatic heterocycles. The molecular formula is C16H20FNO5. The average Bonchev–Trinajstić information content (AvgIpc) is 2.46. The van der Waals surface area contributed by atoms with Gasteiger partial charge in [0.15, 0.2) is 0 Å². The van der Waals surface area contributed by atoms with E-state index in [1.54, 1.807) is 24.3 Å². The first-order valence-corrected chi connectivity index (χ1v) is 7.46. The molecule has 0 aliphatic heterocycles. The highest BCUT2D eigenvalue weighted by Gasteiger charge is 2.30. The van der Waals surface area contributed by atoms with Gasteiger partial charge in [-0.05, 0) is 30.5 Å². The van der Waals surface area contributed by atoms with Crippen LogP contribution in [0.25, 0.3) is 0 Å². The molecule has 1 aromatic rings. The Bertz CT molecular complexity index is 556. The smallest absolute Gasteiger partial charge is 0.320 e. The number of hydrogen-bond acceptors (Lipinski definition) is 4. The van der Waals surface area contributed by atoms with E-state index in [1.165, 1.54) is 0 Å². The van der Waals surface area contributed by atoms with E-state index in [1.807, 2.05) is 0 Å². The molecular weight excluding hydrogens is 304 g/mol. The summed E-state index contributed by atoms with van der Waals surface area (Å²) in [5.41, 5.74) is 6.16. The molecule has 1 saturated carbocycles. The molecule has 7 heteroatoms. The Labute approximate surface area is 133 Å². The van der Waals surface area contributed by atoms with Crippen molar-refractivity contribution in [2.24, 2.45) is 11.7 Å². The van der Waals surface area contributed by atoms with Gasteiger partial charge in [-0.15, -0.1) is 0 Å². The molecule has 0 radical (unpaired) electrons. The van der Waals surface area contributed by atoms with Gasteiger partial charge in [0.2, 0.25) is 0 Å². The van der Waals surface area contributed by atoms with E-state index in [-0.39, 0.29) is 18.9 Å². The topological polar surface area (TPSA) is 110 Å². The minimum absolute atomic E-state index is 0.101. The summed E-state index contributed by atoms with van der Waals surface area (Å²) in [5, 5.41) is 18.0. The third-order valence-corrected chi connectivity index (χ3v) is 3.95.